The molecule has 0 aliphatic heterocycles. The Balaban J connectivity index is 0.000000397. The quantitative estimate of drug-likeness (QED) is 0.0861. The molecule has 7 aromatic rings. The molecule has 0 unspecified atom stereocenters. The van der Waals surface area contributed by atoms with Crippen LogP contribution in [0.5, 0.6) is 11.6 Å². The fraction of sp³-hybridized carbons (Fsp3) is 0.184. The molecule has 0 spiro atoms. The summed E-state index contributed by atoms with van der Waals surface area (Å²) < 4.78 is 349. The predicted octanol–water partition coefficient (Wildman–Crippen LogP) is 14.4. The molecular weight excluding hydrogens is 1100 g/mol. The third-order valence-corrected chi connectivity index (χ3v) is 11.4. The Bertz CT molecular complexity index is 2690. The highest BCUT2D eigenvalue weighted by molar-refractivity contribution is 7.20. The van der Waals surface area contributed by atoms with Gasteiger partial charge in [0, 0.05) is 5.56 Å². The number of aromatic nitrogens is 2. The van der Waals surface area contributed by atoms with E-state index in [0.717, 1.165) is 18.2 Å². The normalized spacial score (nSPS) is 13.2. The van der Waals surface area contributed by atoms with Crippen LogP contribution < -0.4 is 31.2 Å². The Labute approximate surface area is 416 Å². The second-order valence-corrected chi connectivity index (χ2v) is 16.7. The number of ether oxygens (including phenoxy) is 1. The molecule has 7 rings (SSSR count). The number of halogens is 24. The van der Waals surface area contributed by atoms with E-state index in [1.807, 2.05) is 59.3 Å². The van der Waals surface area contributed by atoms with Gasteiger partial charge in [-0.1, -0.05) is 97.1 Å². The SMILES string of the molecule is FC(F)(F)c1cc([B-](c2cc(C(F)(F)F)cc(C(F)(F)F)c2)(c2cc(C(F)(F)F)cc(C(F)(F)F)c2)c2cc(C(F)(F)F)cc(C(F)(F)F)c2)cc(C(F)(F)F)c1.c1ccc(C[n+]2ccncc2Oc2ccccc2)cc1. The maximum Gasteiger partial charge on any atom is 0.416 e. The first-order valence-corrected chi connectivity index (χ1v) is 21.1. The molecule has 1 heterocycles. The molecule has 0 atom stereocenters. The number of hydrogen-bond donors (Lipinski definition) is 0. The Morgan fingerprint density at radius 1 is 0.351 bits per heavy atom. The van der Waals surface area contributed by atoms with Gasteiger partial charge >= 0.3 is 55.3 Å². The van der Waals surface area contributed by atoms with Crippen molar-refractivity contribution in [2.24, 2.45) is 0 Å². The van der Waals surface area contributed by atoms with Crippen LogP contribution in [0, 0.1) is 0 Å². The van der Waals surface area contributed by atoms with Gasteiger partial charge in [-0.2, -0.15) is 132 Å². The Hall–Kier alpha value is -7.42. The molecule has 0 amide bonds. The van der Waals surface area contributed by atoms with Gasteiger partial charge in [-0.25, -0.2) is 4.98 Å². The van der Waals surface area contributed by atoms with E-state index in [4.69, 9.17) is 4.74 Å². The van der Waals surface area contributed by atoms with Gasteiger partial charge in [0.1, 0.15) is 18.1 Å². The number of para-hydroxylation sites is 1. The van der Waals surface area contributed by atoms with E-state index in [-0.39, 0.29) is 0 Å². The van der Waals surface area contributed by atoms with Crippen molar-refractivity contribution >= 4 is 28.0 Å². The van der Waals surface area contributed by atoms with Crippen LogP contribution in [0.3, 0.4) is 0 Å². The Kier molecular flexibility index (Phi) is 15.9. The molecule has 28 heteroatoms. The minimum atomic E-state index is -6.13. The van der Waals surface area contributed by atoms with E-state index in [0.29, 0.717) is 0 Å². The van der Waals surface area contributed by atoms with Crippen LogP contribution in [-0.2, 0) is 56.0 Å². The van der Waals surface area contributed by atoms with Gasteiger partial charge in [-0.15, -0.1) is 0 Å². The maximum absolute atomic E-state index is 14.2. The van der Waals surface area contributed by atoms with Crippen molar-refractivity contribution in [2.75, 3.05) is 0 Å². The zero-order valence-electron chi connectivity index (χ0n) is 37.6. The van der Waals surface area contributed by atoms with E-state index in [1.165, 1.54) is 5.56 Å². The lowest BCUT2D eigenvalue weighted by Crippen LogP contribution is -2.75. The van der Waals surface area contributed by atoms with E-state index >= 15 is 0 Å². The maximum atomic E-state index is 14.2. The molecule has 0 N–H and O–H groups in total. The highest BCUT2D eigenvalue weighted by Gasteiger charge is 2.47. The van der Waals surface area contributed by atoms with Crippen LogP contribution in [0.4, 0.5) is 105 Å². The summed E-state index contributed by atoms with van der Waals surface area (Å²) in [5, 5.41) is 0. The van der Waals surface area contributed by atoms with E-state index in [2.05, 4.69) is 17.1 Å². The van der Waals surface area contributed by atoms with Gasteiger partial charge < -0.3 is 4.74 Å². The second kappa shape index (κ2) is 20.8. The highest BCUT2D eigenvalue weighted by Crippen LogP contribution is 2.41. The molecule has 0 saturated heterocycles. The molecule has 0 bridgehead atoms. The second-order valence-electron chi connectivity index (χ2n) is 16.7. The van der Waals surface area contributed by atoms with Gasteiger partial charge in [-0.3, -0.25) is 0 Å². The standard InChI is InChI=1S/C32H12BF24.C17H15N2O/c34-25(35,36)13-1-14(26(37,38)39)6-21(5-13)33(22-7-15(27(40,41)42)2-16(8-22)28(43,44)45,23-9-17(29(46,47)48)3-18(10-23)30(49,50)51)24-11-19(31(52,53)54)4-20(12-24)32(55,56)57;1-3-7-15(8-4-1)14-19-12-11-18-13-17(19)20-16-9-5-2-6-10-16/h1-12H;1-13H,14H2/q-1;+1. The number of benzene rings is 6. The van der Waals surface area contributed by atoms with E-state index in [9.17, 15) is 105 Å². The summed E-state index contributed by atoms with van der Waals surface area (Å²) in [4.78, 5) is 4.14. The number of nitrogens with zero attached hydrogens (tertiary/aromatic N) is 2. The summed E-state index contributed by atoms with van der Waals surface area (Å²) in [6, 6.07) is 11.2. The largest absolute Gasteiger partial charge is 0.416 e. The van der Waals surface area contributed by atoms with Gasteiger partial charge in [-0.05, 0) is 36.4 Å². The van der Waals surface area contributed by atoms with Gasteiger partial charge in [0.15, 0.2) is 12.7 Å². The van der Waals surface area contributed by atoms with E-state index < -0.39 is 195 Å². The first-order chi connectivity index (χ1) is 35.2. The lowest BCUT2D eigenvalue weighted by molar-refractivity contribution is -0.692. The molecule has 0 aliphatic carbocycles. The van der Waals surface area contributed by atoms with Crippen LogP contribution >= 0.6 is 0 Å². The average Bonchev–Trinajstić information content (AvgIpc) is 3.31. The van der Waals surface area contributed by atoms with Crippen molar-refractivity contribution < 1.29 is 115 Å². The monoisotopic (exact) mass is 1130 g/mol. The summed E-state index contributed by atoms with van der Waals surface area (Å²) in [6.45, 7) is 0.755. The van der Waals surface area contributed by atoms with Crippen molar-refractivity contribution in [3.63, 3.8) is 0 Å². The minimum Gasteiger partial charge on any atom is -0.404 e. The zero-order chi connectivity index (χ0) is 57.5. The van der Waals surface area contributed by atoms with Crippen LogP contribution in [0.15, 0.2) is 152 Å². The number of alkyl halides is 24. The first-order valence-electron chi connectivity index (χ1n) is 21.1. The summed E-state index contributed by atoms with van der Waals surface area (Å²) in [5.41, 5.74) is -29.0. The molecule has 410 valence electrons. The minimum absolute atomic E-state index is 0.691. The van der Waals surface area contributed by atoms with Gasteiger partial charge in [0.25, 0.3) is 0 Å². The fourth-order valence-corrected chi connectivity index (χ4v) is 8.05. The summed E-state index contributed by atoms with van der Waals surface area (Å²) in [7, 11) is 0. The molecular formula is C49H27BF24N2O. The van der Waals surface area contributed by atoms with Crippen LogP contribution in [-0.4, -0.2) is 11.1 Å². The lowest BCUT2D eigenvalue weighted by atomic mass is 9.12. The molecule has 0 fully saturated rings. The molecule has 3 nitrogen and oxygen atoms in total. The van der Waals surface area contributed by atoms with E-state index in [1.54, 1.807) is 12.4 Å². The average molecular weight is 1130 g/mol. The molecule has 0 saturated carbocycles. The summed E-state index contributed by atoms with van der Waals surface area (Å²) >= 11 is 0. The van der Waals surface area contributed by atoms with Crippen molar-refractivity contribution in [3.05, 3.63) is 202 Å². The number of hydrogen-bond acceptors (Lipinski definition) is 2. The van der Waals surface area contributed by atoms with Crippen molar-refractivity contribution in [2.45, 2.75) is 56.0 Å². The Morgan fingerprint density at radius 2 is 0.610 bits per heavy atom. The molecule has 6 aromatic carbocycles. The van der Waals surface area contributed by atoms with Crippen LogP contribution in [0.25, 0.3) is 0 Å². The third-order valence-electron chi connectivity index (χ3n) is 11.4. The molecule has 77 heavy (non-hydrogen) atoms. The molecule has 0 aliphatic rings. The molecule has 0 radical (unpaired) electrons. The highest BCUT2D eigenvalue weighted by atomic mass is 19.4. The van der Waals surface area contributed by atoms with Gasteiger partial charge in [0.05, 0.1) is 50.7 Å². The topological polar surface area (TPSA) is 26.0 Å². The fourth-order valence-electron chi connectivity index (χ4n) is 8.05. The number of rotatable bonds is 8. The van der Waals surface area contributed by atoms with Crippen molar-refractivity contribution in [1.82, 2.24) is 4.98 Å². The van der Waals surface area contributed by atoms with Gasteiger partial charge in [0.2, 0.25) is 0 Å². The third kappa shape index (κ3) is 14.0. The summed E-state index contributed by atoms with van der Waals surface area (Å²) in [6.07, 6.45) is -49.4. The Morgan fingerprint density at radius 3 is 0.870 bits per heavy atom. The predicted molar refractivity (Wildman–Crippen MR) is 227 cm³/mol. The van der Waals surface area contributed by atoms with Crippen LogP contribution in [0.1, 0.15) is 50.1 Å². The summed E-state index contributed by atoms with van der Waals surface area (Å²) in [5.74, 6) is 1.53. The lowest BCUT2D eigenvalue weighted by Gasteiger charge is -2.46. The first kappa shape index (κ1) is 58.8. The smallest absolute Gasteiger partial charge is 0.404 e. The molecule has 1 aromatic heterocycles. The zero-order valence-corrected chi connectivity index (χ0v) is 37.6. The van der Waals surface area contributed by atoms with Crippen molar-refractivity contribution in [3.8, 4) is 11.6 Å². The van der Waals surface area contributed by atoms with Crippen molar-refractivity contribution in [1.29, 1.82) is 0 Å². The van der Waals surface area contributed by atoms with Crippen LogP contribution in [0.2, 0.25) is 0 Å².